The Kier molecular flexibility index (Phi) is 13.0. The summed E-state index contributed by atoms with van der Waals surface area (Å²) in [5.74, 6) is -2.90. The van der Waals surface area contributed by atoms with E-state index in [1.165, 1.54) is 0 Å². The Labute approximate surface area is 212 Å². The van der Waals surface area contributed by atoms with Gasteiger partial charge in [0.05, 0.1) is 19.6 Å². The number of rotatable bonds is 10. The highest BCUT2D eigenvalue weighted by atomic mass is 31.1. The Morgan fingerprint density at radius 2 is 1.08 bits per heavy atom. The molecule has 202 valence electrons. The van der Waals surface area contributed by atoms with Crippen LogP contribution in [0.3, 0.4) is 0 Å². The van der Waals surface area contributed by atoms with Crippen LogP contribution in [0.2, 0.25) is 0 Å². The highest BCUT2D eigenvalue weighted by Crippen LogP contribution is 2.35. The molecule has 0 aromatic heterocycles. The first-order valence-corrected chi connectivity index (χ1v) is 13.6. The van der Waals surface area contributed by atoms with E-state index < -0.39 is 26.1 Å². The first kappa shape index (κ1) is 29.9. The summed E-state index contributed by atoms with van der Waals surface area (Å²) >= 11 is 0. The first-order chi connectivity index (χ1) is 17.1. The second-order valence-corrected chi connectivity index (χ2v) is 10.6. The number of nitrogen functional groups attached to an aromatic ring is 1. The summed E-state index contributed by atoms with van der Waals surface area (Å²) in [5.41, 5.74) is 7.38. The van der Waals surface area contributed by atoms with Gasteiger partial charge in [0.25, 0.3) is 0 Å². The number of nitrogens with two attached hydrogens (primary N) is 1. The van der Waals surface area contributed by atoms with Gasteiger partial charge in [-0.25, -0.2) is 0 Å². The lowest BCUT2D eigenvalue weighted by Gasteiger charge is -2.29. The molecule has 1 unspecified atom stereocenters. The van der Waals surface area contributed by atoms with E-state index in [4.69, 9.17) is 5.73 Å². The zero-order valence-corrected chi connectivity index (χ0v) is 21.4. The van der Waals surface area contributed by atoms with Gasteiger partial charge >= 0.3 is 17.9 Å². The molecule has 1 fully saturated rings. The van der Waals surface area contributed by atoms with Crippen LogP contribution >= 0.6 is 8.15 Å². The van der Waals surface area contributed by atoms with Crippen molar-refractivity contribution in [3.8, 4) is 0 Å². The smallest absolute Gasteiger partial charge is 0.317 e. The van der Waals surface area contributed by atoms with Crippen LogP contribution in [0.15, 0.2) is 24.3 Å². The highest BCUT2D eigenvalue weighted by Gasteiger charge is 2.20. The van der Waals surface area contributed by atoms with Gasteiger partial charge in [0, 0.05) is 72.1 Å². The summed E-state index contributed by atoms with van der Waals surface area (Å²) in [7, 11) is -1.35. The minimum atomic E-state index is -1.35. The van der Waals surface area contributed by atoms with Gasteiger partial charge in [0.2, 0.25) is 0 Å². The molecule has 0 spiro atoms. The van der Waals surface area contributed by atoms with E-state index >= 15 is 0 Å². The van der Waals surface area contributed by atoms with Gasteiger partial charge < -0.3 is 25.9 Å². The van der Waals surface area contributed by atoms with Gasteiger partial charge in [-0.15, -0.1) is 0 Å². The minimum Gasteiger partial charge on any atom is -0.480 e. The molecule has 1 heterocycles. The number of hydrogen-bond acceptors (Lipinski definition) is 9. The quantitative estimate of drug-likeness (QED) is 0.204. The average Bonchev–Trinajstić information content (AvgIpc) is 2.79. The second-order valence-electron chi connectivity index (χ2n) is 9.03. The van der Waals surface area contributed by atoms with Crippen molar-refractivity contribution < 1.29 is 34.6 Å². The minimum absolute atomic E-state index is 0.143. The van der Waals surface area contributed by atoms with Crippen LogP contribution < -0.4 is 5.73 Å². The van der Waals surface area contributed by atoms with Gasteiger partial charge in [-0.1, -0.05) is 12.1 Å². The molecule has 2 rings (SSSR count). The Morgan fingerprint density at radius 1 is 0.694 bits per heavy atom. The predicted molar refractivity (Wildman–Crippen MR) is 137 cm³/mol. The van der Waals surface area contributed by atoms with Gasteiger partial charge in [0.15, 0.2) is 0 Å². The second kappa shape index (κ2) is 15.7. The Hall–Kier alpha value is -2.34. The summed E-state index contributed by atoms with van der Waals surface area (Å²) < 4.78 is 0. The van der Waals surface area contributed by atoms with Crippen LogP contribution in [-0.2, 0) is 20.5 Å². The number of carboxylic acids is 3. The van der Waals surface area contributed by atoms with E-state index in [1.54, 1.807) is 26.8 Å². The molecule has 0 amide bonds. The number of anilines is 1. The maximum absolute atomic E-state index is 11.4. The summed E-state index contributed by atoms with van der Waals surface area (Å²) in [6, 6.07) is 7.38. The number of benzene rings is 1. The first-order valence-electron chi connectivity index (χ1n) is 11.9. The number of hydrogen-bond donors (Lipinski definition) is 5. The Balaban J connectivity index is 2.10. The van der Waals surface area contributed by atoms with E-state index in [0.717, 1.165) is 5.56 Å². The lowest BCUT2D eigenvalue weighted by atomic mass is 10.2. The predicted octanol–water partition coefficient (Wildman–Crippen LogP) is -0.0190. The normalized spacial score (nSPS) is 19.0. The maximum atomic E-state index is 11.4. The molecule has 12 nitrogen and oxygen atoms in total. The van der Waals surface area contributed by atoms with E-state index in [-0.39, 0.29) is 19.6 Å². The molecule has 1 aliphatic rings. The van der Waals surface area contributed by atoms with Crippen LogP contribution in [0.4, 0.5) is 5.69 Å². The van der Waals surface area contributed by atoms with E-state index in [1.807, 2.05) is 12.1 Å². The SMILES string of the molecule is Nc1ccc(CP(O)CN2CCCN(CC(=O)O)CCN(CC(=O)O)CCN(CC(=O)O)CC2)cc1. The number of nitrogens with zero attached hydrogens (tertiary/aromatic N) is 4. The van der Waals surface area contributed by atoms with Crippen molar-refractivity contribution in [3.05, 3.63) is 29.8 Å². The standard InChI is InChI=1S/C23H38N5O7P/c24-20-4-2-19(3-5-20)17-36(35)18-28-7-1-6-25(14-21(29)30)8-9-26(15-22(31)32)10-11-27(12-13-28)16-23(33)34/h2-5,35H,1,6-18,24H2,(H,29,30)(H,31,32)(H,33,34). The van der Waals surface area contributed by atoms with Gasteiger partial charge in [-0.2, -0.15) is 0 Å². The fraction of sp³-hybridized carbons (Fsp3) is 0.609. The van der Waals surface area contributed by atoms with Crippen LogP contribution in [0.1, 0.15) is 12.0 Å². The molecule has 0 saturated carbocycles. The fourth-order valence-corrected chi connectivity index (χ4v) is 5.59. The third-order valence-electron chi connectivity index (χ3n) is 5.93. The molecule has 6 N–H and O–H groups in total. The molecular weight excluding hydrogens is 489 g/mol. The van der Waals surface area contributed by atoms with Crippen LogP contribution in [-0.4, -0.2) is 136 Å². The molecule has 1 aromatic rings. The van der Waals surface area contributed by atoms with E-state index in [9.17, 15) is 34.6 Å². The Bertz CT molecular complexity index is 845. The highest BCUT2D eigenvalue weighted by molar-refractivity contribution is 7.50. The van der Waals surface area contributed by atoms with Crippen molar-refractivity contribution in [1.82, 2.24) is 19.6 Å². The lowest BCUT2D eigenvalue weighted by Crippen LogP contribution is -2.44. The summed E-state index contributed by atoms with van der Waals surface area (Å²) in [5, 5.41) is 27.9. The molecule has 36 heavy (non-hydrogen) atoms. The summed E-state index contributed by atoms with van der Waals surface area (Å²) in [4.78, 5) is 52.2. The van der Waals surface area contributed by atoms with E-state index in [0.29, 0.717) is 76.9 Å². The lowest BCUT2D eigenvalue weighted by molar-refractivity contribution is -0.140. The largest absolute Gasteiger partial charge is 0.480 e. The third kappa shape index (κ3) is 12.6. The van der Waals surface area contributed by atoms with Gasteiger partial charge in [0.1, 0.15) is 0 Å². The number of aliphatic carboxylic acids is 3. The molecule has 0 aliphatic carbocycles. The molecule has 1 aromatic carbocycles. The monoisotopic (exact) mass is 527 g/mol. The average molecular weight is 528 g/mol. The third-order valence-corrected chi connectivity index (χ3v) is 7.39. The summed E-state index contributed by atoms with van der Waals surface area (Å²) in [6.45, 7) is 3.10. The van der Waals surface area contributed by atoms with Gasteiger partial charge in [-0.05, 0) is 30.7 Å². The molecule has 0 radical (unpaired) electrons. The van der Waals surface area contributed by atoms with Crippen molar-refractivity contribution in [2.75, 3.05) is 84.0 Å². The van der Waals surface area contributed by atoms with Crippen molar-refractivity contribution in [2.24, 2.45) is 0 Å². The van der Waals surface area contributed by atoms with Crippen molar-refractivity contribution in [2.45, 2.75) is 12.6 Å². The van der Waals surface area contributed by atoms with E-state index in [2.05, 4.69) is 4.90 Å². The van der Waals surface area contributed by atoms with Crippen molar-refractivity contribution in [1.29, 1.82) is 0 Å². The zero-order valence-electron chi connectivity index (χ0n) is 20.5. The molecule has 1 saturated heterocycles. The van der Waals surface area contributed by atoms with Crippen molar-refractivity contribution in [3.63, 3.8) is 0 Å². The fourth-order valence-electron chi connectivity index (χ4n) is 4.12. The molecule has 0 bridgehead atoms. The van der Waals surface area contributed by atoms with Crippen molar-refractivity contribution >= 4 is 31.7 Å². The van der Waals surface area contributed by atoms with Crippen LogP contribution in [0, 0.1) is 0 Å². The molecule has 13 heteroatoms. The van der Waals surface area contributed by atoms with Gasteiger partial charge in [-0.3, -0.25) is 34.0 Å². The number of carbonyl (C=O) groups is 3. The van der Waals surface area contributed by atoms with Crippen LogP contribution in [0.25, 0.3) is 0 Å². The Morgan fingerprint density at radius 3 is 1.53 bits per heavy atom. The summed E-state index contributed by atoms with van der Waals surface area (Å²) in [6.07, 6.45) is 1.63. The molecule has 1 aliphatic heterocycles. The zero-order chi connectivity index (χ0) is 26.5. The maximum Gasteiger partial charge on any atom is 0.317 e. The van der Waals surface area contributed by atoms with Crippen LogP contribution in [0.5, 0.6) is 0 Å². The molecule has 1 atom stereocenters. The topological polar surface area (TPSA) is 171 Å². The molecular formula is C23H38N5O7P. The number of carboxylic acid groups (broad SMARTS) is 3.